The third kappa shape index (κ3) is 7.06. The van der Waals surface area contributed by atoms with E-state index in [0.717, 1.165) is 6.42 Å². The minimum Gasteiger partial charge on any atom is -0.432 e. The van der Waals surface area contributed by atoms with Gasteiger partial charge in [0.05, 0.1) is 0 Å². The largest absolute Gasteiger partial charge is 0.432 e. The van der Waals surface area contributed by atoms with E-state index in [1.165, 1.54) is 22.5 Å². The van der Waals surface area contributed by atoms with Gasteiger partial charge in [0.25, 0.3) is 8.32 Å². The van der Waals surface area contributed by atoms with Crippen molar-refractivity contribution in [3.8, 4) is 11.8 Å². The molecule has 0 radical (unpaired) electrons. The Morgan fingerprint density at radius 2 is 1.32 bits per heavy atom. The molecule has 1 fully saturated rings. The van der Waals surface area contributed by atoms with Crippen LogP contribution in [0.1, 0.15) is 58.6 Å². The Kier molecular flexibility index (Phi) is 9.77. The number of alkyl halides is 3. The van der Waals surface area contributed by atoms with Gasteiger partial charge in [-0.3, -0.25) is 0 Å². The molecule has 0 amide bonds. The maximum atomic E-state index is 13.5. The highest BCUT2D eigenvalue weighted by atomic mass is 28.4. The van der Waals surface area contributed by atoms with Crippen molar-refractivity contribution in [3.05, 3.63) is 96.1 Å². The molecular weight excluding hydrogens is 594 g/mol. The number of rotatable bonds is 10. The molecule has 9 heteroatoms. The van der Waals surface area contributed by atoms with Crippen molar-refractivity contribution in [1.29, 1.82) is 0 Å². The summed E-state index contributed by atoms with van der Waals surface area (Å²) in [5.41, 5.74) is 3.04. The minimum atomic E-state index is -4.45. The van der Waals surface area contributed by atoms with E-state index in [0.29, 0.717) is 18.6 Å². The number of benzene rings is 3. The summed E-state index contributed by atoms with van der Waals surface area (Å²) in [6.45, 7) is 15.4. The monoisotopic (exact) mass is 638 g/mol. The fourth-order valence-electron chi connectivity index (χ4n) is 5.78. The van der Waals surface area contributed by atoms with Gasteiger partial charge >= 0.3 is 6.18 Å². The predicted octanol–water partition coefficient (Wildman–Crippen LogP) is 6.81. The van der Waals surface area contributed by atoms with Gasteiger partial charge in [-0.25, -0.2) is 10.9 Å². The van der Waals surface area contributed by atoms with E-state index in [2.05, 4.69) is 106 Å². The SMILES string of the molecule is CC(C)(C[C@@H](CC#Cc1ccc(C2(C(F)(F)F)NN2)cc1)CO[Si](c1ccccc1)(c1ccccc1)C(C)(C)C)[Si](C)(C)O. The molecule has 3 aromatic rings. The van der Waals surface area contributed by atoms with Crippen molar-refractivity contribution >= 4 is 27.0 Å². The van der Waals surface area contributed by atoms with Crippen molar-refractivity contribution in [2.75, 3.05) is 6.61 Å². The van der Waals surface area contributed by atoms with Crippen molar-refractivity contribution in [1.82, 2.24) is 10.9 Å². The molecule has 1 heterocycles. The molecule has 0 spiro atoms. The third-order valence-corrected chi connectivity index (χ3v) is 17.7. The van der Waals surface area contributed by atoms with Crippen LogP contribution in [0.5, 0.6) is 0 Å². The van der Waals surface area contributed by atoms with Crippen molar-refractivity contribution in [2.24, 2.45) is 5.92 Å². The molecule has 3 aromatic carbocycles. The summed E-state index contributed by atoms with van der Waals surface area (Å²) in [5, 5.41) is 1.95. The van der Waals surface area contributed by atoms with Crippen LogP contribution in [-0.4, -0.2) is 34.2 Å². The molecule has 0 saturated carbocycles. The highest BCUT2D eigenvalue weighted by Gasteiger charge is 2.65. The lowest BCUT2D eigenvalue weighted by Crippen LogP contribution is -2.67. The fraction of sp³-hybridized carbons (Fsp3) is 0.429. The van der Waals surface area contributed by atoms with Crippen LogP contribution >= 0.6 is 0 Å². The Labute approximate surface area is 262 Å². The van der Waals surface area contributed by atoms with Gasteiger partial charge in [-0.05, 0) is 63.6 Å². The summed E-state index contributed by atoms with van der Waals surface area (Å²) < 4.78 is 47.7. The highest BCUT2D eigenvalue weighted by molar-refractivity contribution is 6.99. The quantitative estimate of drug-likeness (QED) is 0.130. The second-order valence-electron chi connectivity index (χ2n) is 14.1. The molecule has 3 N–H and O–H groups in total. The van der Waals surface area contributed by atoms with Crippen LogP contribution in [0.4, 0.5) is 13.2 Å². The van der Waals surface area contributed by atoms with Gasteiger partial charge in [0.1, 0.15) is 0 Å². The lowest BCUT2D eigenvalue weighted by molar-refractivity contribution is -0.165. The van der Waals surface area contributed by atoms with Gasteiger partial charge < -0.3 is 9.22 Å². The average Bonchev–Trinajstić information content (AvgIpc) is 3.76. The van der Waals surface area contributed by atoms with E-state index >= 15 is 0 Å². The molecule has 1 aliphatic heterocycles. The zero-order valence-electron chi connectivity index (χ0n) is 26.8. The van der Waals surface area contributed by atoms with Crippen LogP contribution in [-0.2, 0) is 10.1 Å². The molecule has 4 nitrogen and oxygen atoms in total. The van der Waals surface area contributed by atoms with Crippen LogP contribution in [0.2, 0.25) is 23.2 Å². The summed E-state index contributed by atoms with van der Waals surface area (Å²) in [6.07, 6.45) is -3.18. The lowest BCUT2D eigenvalue weighted by atomic mass is 9.94. The number of hydrogen-bond acceptors (Lipinski definition) is 4. The highest BCUT2D eigenvalue weighted by Crippen LogP contribution is 2.44. The Hall–Kier alpha value is -2.72. The Morgan fingerprint density at radius 1 is 0.818 bits per heavy atom. The molecule has 1 aliphatic rings. The molecular formula is C35H45F3N2O2Si2. The Balaban J connectivity index is 1.64. The number of hydrazine groups is 1. The van der Waals surface area contributed by atoms with Gasteiger partial charge in [-0.2, -0.15) is 13.2 Å². The molecule has 0 aliphatic carbocycles. The van der Waals surface area contributed by atoms with Crippen LogP contribution < -0.4 is 21.2 Å². The maximum absolute atomic E-state index is 13.5. The van der Waals surface area contributed by atoms with Gasteiger partial charge in [-0.15, -0.1) is 0 Å². The van der Waals surface area contributed by atoms with Crippen LogP contribution in [0, 0.1) is 17.8 Å². The topological polar surface area (TPSA) is 73.3 Å². The van der Waals surface area contributed by atoms with E-state index in [1.807, 2.05) is 25.2 Å². The molecule has 236 valence electrons. The zero-order valence-corrected chi connectivity index (χ0v) is 28.8. The van der Waals surface area contributed by atoms with Crippen molar-refractivity contribution in [2.45, 2.75) is 82.5 Å². The normalized spacial score (nSPS) is 16.2. The summed E-state index contributed by atoms with van der Waals surface area (Å²) in [5.74, 6) is 6.49. The third-order valence-electron chi connectivity index (χ3n) is 9.15. The Morgan fingerprint density at radius 3 is 1.73 bits per heavy atom. The standard InChI is InChI=1S/C35H45F3N2O2Si2/c1-32(2,3)44(30-17-10-8-11-18-30,31-19-12-9-13-20-31)42-26-28(25-33(4,5)43(6,7)41)16-14-15-27-21-23-29(24-22-27)34(39-40-34)35(36,37)38/h8-13,17-24,28,39-41H,16,25-26H2,1-7H3/t28-/m1/s1. The minimum absolute atomic E-state index is 0.0331. The second kappa shape index (κ2) is 12.6. The van der Waals surface area contributed by atoms with Crippen LogP contribution in [0.3, 0.4) is 0 Å². The predicted molar refractivity (Wildman–Crippen MR) is 177 cm³/mol. The molecule has 0 aromatic heterocycles. The molecule has 0 bridgehead atoms. The average molecular weight is 639 g/mol. The first-order chi connectivity index (χ1) is 20.4. The summed E-state index contributed by atoms with van der Waals surface area (Å²) in [4.78, 5) is 11.1. The van der Waals surface area contributed by atoms with Crippen molar-refractivity contribution in [3.63, 3.8) is 0 Å². The smallest absolute Gasteiger partial charge is 0.426 e. The van der Waals surface area contributed by atoms with Crippen LogP contribution in [0.25, 0.3) is 0 Å². The van der Waals surface area contributed by atoms with Crippen molar-refractivity contribution < 1.29 is 22.4 Å². The van der Waals surface area contributed by atoms with E-state index in [-0.39, 0.29) is 21.6 Å². The molecule has 44 heavy (non-hydrogen) atoms. The maximum Gasteiger partial charge on any atom is 0.426 e. The molecule has 4 rings (SSSR count). The number of halogens is 3. The lowest BCUT2D eigenvalue weighted by Gasteiger charge is -2.44. The van der Waals surface area contributed by atoms with E-state index < -0.39 is 28.5 Å². The number of hydrogen-bond donors (Lipinski definition) is 3. The van der Waals surface area contributed by atoms with Crippen LogP contribution in [0.15, 0.2) is 84.9 Å². The number of nitrogens with one attached hydrogen (secondary N) is 2. The summed E-state index contributed by atoms with van der Waals surface area (Å²) >= 11 is 0. The molecule has 0 unspecified atom stereocenters. The molecule has 1 saturated heterocycles. The first kappa shape index (κ1) is 34.2. The van der Waals surface area contributed by atoms with E-state index in [4.69, 9.17) is 4.43 Å². The van der Waals surface area contributed by atoms with Gasteiger partial charge in [0.2, 0.25) is 5.66 Å². The van der Waals surface area contributed by atoms with Gasteiger partial charge in [-0.1, -0.05) is 119 Å². The van der Waals surface area contributed by atoms with Gasteiger partial charge in [0.15, 0.2) is 8.32 Å². The second-order valence-corrected chi connectivity index (χ2v) is 22.8. The zero-order chi connectivity index (χ0) is 32.4. The van der Waals surface area contributed by atoms with E-state index in [1.54, 1.807) is 12.1 Å². The fourth-order valence-corrected chi connectivity index (χ4v) is 11.2. The molecule has 1 atom stereocenters. The Bertz CT molecular complexity index is 1410. The first-order valence-electron chi connectivity index (χ1n) is 15.1. The van der Waals surface area contributed by atoms with E-state index in [9.17, 15) is 18.0 Å². The summed E-state index contributed by atoms with van der Waals surface area (Å²) in [6, 6.07) is 27.2. The summed E-state index contributed by atoms with van der Waals surface area (Å²) in [7, 11) is -5.29. The van der Waals surface area contributed by atoms with Gasteiger partial charge in [0, 0.05) is 18.6 Å². The first-order valence-corrected chi connectivity index (χ1v) is 20.0.